The number of rotatable bonds is 6. The fourth-order valence-electron chi connectivity index (χ4n) is 1.43. The SMILES string of the molecule is CC(C)=CC[Te+](CC(C)C)CC(C)C.[Br-]. The van der Waals surface area contributed by atoms with E-state index in [2.05, 4.69) is 47.6 Å². The monoisotopic (exact) mass is 392 g/mol. The van der Waals surface area contributed by atoms with Crippen LogP contribution < -0.4 is 17.0 Å². The molecule has 0 atom stereocenters. The van der Waals surface area contributed by atoms with Crippen molar-refractivity contribution < 1.29 is 17.0 Å². The van der Waals surface area contributed by atoms with Crippen molar-refractivity contribution in [2.24, 2.45) is 11.8 Å². The van der Waals surface area contributed by atoms with Gasteiger partial charge in [-0.05, 0) is 0 Å². The zero-order chi connectivity index (χ0) is 11.1. The first-order valence-corrected chi connectivity index (χ1v) is 10.6. The van der Waals surface area contributed by atoms with Gasteiger partial charge in [0, 0.05) is 0 Å². The van der Waals surface area contributed by atoms with Crippen molar-refractivity contribution in [3.8, 4) is 0 Å². The van der Waals surface area contributed by atoms with E-state index < -0.39 is 19.6 Å². The van der Waals surface area contributed by atoms with E-state index in [1.165, 1.54) is 10.0 Å². The van der Waals surface area contributed by atoms with Gasteiger partial charge in [-0.1, -0.05) is 0 Å². The van der Waals surface area contributed by atoms with E-state index in [-0.39, 0.29) is 17.0 Å². The van der Waals surface area contributed by atoms with Crippen LogP contribution in [0, 0.1) is 11.8 Å². The van der Waals surface area contributed by atoms with Gasteiger partial charge in [0.25, 0.3) is 0 Å². The van der Waals surface area contributed by atoms with Crippen LogP contribution in [0.1, 0.15) is 41.5 Å². The molecular weight excluding hydrogens is 364 g/mol. The Bertz CT molecular complexity index is 159. The molecule has 2 heteroatoms. The van der Waals surface area contributed by atoms with Gasteiger partial charge in [-0.3, -0.25) is 0 Å². The molecule has 0 saturated heterocycles. The van der Waals surface area contributed by atoms with Gasteiger partial charge in [-0.15, -0.1) is 0 Å². The molecule has 0 aromatic heterocycles. The second kappa shape index (κ2) is 10.2. The molecule has 0 aliphatic carbocycles. The van der Waals surface area contributed by atoms with E-state index >= 15 is 0 Å². The van der Waals surface area contributed by atoms with Gasteiger partial charge in [0.05, 0.1) is 0 Å². The molecular formula is C13H27BrTe. The molecule has 0 radical (unpaired) electrons. The maximum absolute atomic E-state index is 2.47. The van der Waals surface area contributed by atoms with Crippen molar-refractivity contribution in [3.63, 3.8) is 0 Å². The Morgan fingerprint density at radius 2 is 1.40 bits per heavy atom. The number of allylic oxidation sites excluding steroid dienone is 2. The fraction of sp³-hybridized carbons (Fsp3) is 0.846. The predicted molar refractivity (Wildman–Crippen MR) is 69.3 cm³/mol. The smallest absolute Gasteiger partial charge is 1.00 e. The molecule has 0 spiro atoms. The van der Waals surface area contributed by atoms with E-state index in [1.807, 2.05) is 0 Å². The van der Waals surface area contributed by atoms with Crippen molar-refractivity contribution in [1.29, 1.82) is 0 Å². The average Bonchev–Trinajstić information content (AvgIpc) is 1.97. The molecule has 0 heterocycles. The Morgan fingerprint density at radius 1 is 1.00 bits per heavy atom. The predicted octanol–water partition coefficient (Wildman–Crippen LogP) is 1.76. The third-order valence-corrected chi connectivity index (χ3v) is 10.2. The summed E-state index contributed by atoms with van der Waals surface area (Å²) in [4.78, 5) is 0. The minimum Gasteiger partial charge on any atom is -1.00 e. The summed E-state index contributed by atoms with van der Waals surface area (Å²) in [5, 5.41) is 0. The van der Waals surface area contributed by atoms with Crippen LogP contribution in [0.15, 0.2) is 11.6 Å². The summed E-state index contributed by atoms with van der Waals surface area (Å²) in [7, 11) is 0. The van der Waals surface area contributed by atoms with Crippen molar-refractivity contribution in [2.75, 3.05) is 0 Å². The molecule has 0 rings (SSSR count). The molecule has 0 aromatic rings. The van der Waals surface area contributed by atoms with E-state index in [1.54, 1.807) is 8.94 Å². The molecule has 0 aromatic carbocycles. The van der Waals surface area contributed by atoms with Crippen LogP contribution in [0.2, 0.25) is 13.4 Å². The van der Waals surface area contributed by atoms with Gasteiger partial charge in [-0.2, -0.15) is 0 Å². The summed E-state index contributed by atoms with van der Waals surface area (Å²) in [6.07, 6.45) is 2.47. The summed E-state index contributed by atoms with van der Waals surface area (Å²) in [5.74, 6) is 1.83. The second-order valence-corrected chi connectivity index (χ2v) is 11.5. The van der Waals surface area contributed by atoms with Gasteiger partial charge in [-0.25, -0.2) is 0 Å². The zero-order valence-corrected chi connectivity index (χ0v) is 15.1. The van der Waals surface area contributed by atoms with Crippen molar-refractivity contribution in [3.05, 3.63) is 11.6 Å². The zero-order valence-electron chi connectivity index (χ0n) is 11.1. The van der Waals surface area contributed by atoms with E-state index in [4.69, 9.17) is 0 Å². The van der Waals surface area contributed by atoms with Crippen LogP contribution in [0.4, 0.5) is 0 Å². The molecule has 0 aliphatic rings. The van der Waals surface area contributed by atoms with Crippen LogP contribution in [-0.2, 0) is 0 Å². The third-order valence-electron chi connectivity index (χ3n) is 1.87. The van der Waals surface area contributed by atoms with Gasteiger partial charge in [0.2, 0.25) is 0 Å². The Hall–Kier alpha value is 1.01. The molecule has 0 fully saturated rings. The van der Waals surface area contributed by atoms with Crippen molar-refractivity contribution in [2.45, 2.75) is 54.9 Å². The molecule has 0 unspecified atom stereocenters. The van der Waals surface area contributed by atoms with Crippen LogP contribution in [0.3, 0.4) is 0 Å². The van der Waals surface area contributed by atoms with E-state index in [0.29, 0.717) is 0 Å². The van der Waals surface area contributed by atoms with Gasteiger partial charge >= 0.3 is 98.0 Å². The number of halogens is 1. The molecule has 92 valence electrons. The molecule has 0 saturated carbocycles. The first-order valence-electron chi connectivity index (χ1n) is 5.69. The van der Waals surface area contributed by atoms with Gasteiger partial charge in [0.1, 0.15) is 0 Å². The average molecular weight is 391 g/mol. The maximum Gasteiger partial charge on any atom is -1.00 e. The molecule has 0 nitrogen and oxygen atoms in total. The first kappa shape index (κ1) is 18.4. The van der Waals surface area contributed by atoms with Crippen molar-refractivity contribution >= 4 is 19.6 Å². The summed E-state index contributed by atoms with van der Waals surface area (Å²) in [5.41, 5.74) is 1.50. The van der Waals surface area contributed by atoms with Crippen LogP contribution >= 0.6 is 0 Å². The standard InChI is InChI=1S/C13H27Te.BrH/c1-11(2)7-8-14(9-12(3)4)10-13(5)6;/h7,12-13H,8-10H2,1-6H3;1H/q+1;/p-1. The number of hydrogen-bond acceptors (Lipinski definition) is 0. The first-order chi connectivity index (χ1) is 6.41. The molecule has 0 N–H and O–H groups in total. The number of hydrogen-bond donors (Lipinski definition) is 0. The molecule has 0 bridgehead atoms. The Balaban J connectivity index is 0. The van der Waals surface area contributed by atoms with Crippen LogP contribution in [0.5, 0.6) is 0 Å². The Labute approximate surface area is 114 Å². The summed E-state index contributed by atoms with van der Waals surface area (Å²) >= 11 is -0.790. The maximum atomic E-state index is 2.47. The minimum absolute atomic E-state index is 0. The molecule has 0 aliphatic heterocycles. The molecule has 0 amide bonds. The Kier molecular flexibility index (Phi) is 12.5. The Morgan fingerprint density at radius 3 is 1.67 bits per heavy atom. The topological polar surface area (TPSA) is 0 Å². The van der Waals surface area contributed by atoms with E-state index in [9.17, 15) is 0 Å². The quantitative estimate of drug-likeness (QED) is 0.479. The van der Waals surface area contributed by atoms with Gasteiger partial charge in [0.15, 0.2) is 0 Å². The summed E-state index contributed by atoms with van der Waals surface area (Å²) < 4.78 is 4.54. The second-order valence-electron chi connectivity index (χ2n) is 5.18. The largest absolute Gasteiger partial charge is 1.00 e. The third kappa shape index (κ3) is 12.9. The minimum atomic E-state index is -0.790. The van der Waals surface area contributed by atoms with Crippen LogP contribution in [-0.4, -0.2) is 19.6 Å². The molecule has 15 heavy (non-hydrogen) atoms. The normalized spacial score (nSPS) is 10.7. The fourth-order valence-corrected chi connectivity index (χ4v) is 9.60. The van der Waals surface area contributed by atoms with E-state index in [0.717, 1.165) is 11.8 Å². The summed E-state index contributed by atoms with van der Waals surface area (Å²) in [6, 6.07) is 0. The summed E-state index contributed by atoms with van der Waals surface area (Å²) in [6.45, 7) is 13.9. The van der Waals surface area contributed by atoms with Crippen LogP contribution in [0.25, 0.3) is 0 Å². The van der Waals surface area contributed by atoms with Gasteiger partial charge < -0.3 is 17.0 Å². The van der Waals surface area contributed by atoms with Crippen molar-refractivity contribution in [1.82, 2.24) is 0 Å².